The molecule has 8 nitrogen and oxygen atoms in total. The Kier molecular flexibility index (Phi) is 5.83. The summed E-state index contributed by atoms with van der Waals surface area (Å²) in [6.07, 6.45) is 2.24. The molecular formula is C18H23N5O3. The fourth-order valence-electron chi connectivity index (χ4n) is 2.70. The largest absolute Gasteiger partial charge is 0.484 e. The first-order valence-electron chi connectivity index (χ1n) is 8.64. The fraction of sp³-hybridized carbons (Fsp3) is 0.444. The number of benzene rings is 1. The van der Waals surface area contributed by atoms with E-state index in [9.17, 15) is 4.79 Å². The highest BCUT2D eigenvalue weighted by Gasteiger charge is 2.18. The lowest BCUT2D eigenvalue weighted by molar-refractivity contribution is -0.123. The lowest BCUT2D eigenvalue weighted by Gasteiger charge is -2.16. The van der Waals surface area contributed by atoms with Crippen molar-refractivity contribution >= 4 is 11.9 Å². The van der Waals surface area contributed by atoms with Gasteiger partial charge in [0.2, 0.25) is 5.95 Å². The number of aryl methyl sites for hydroxylation is 1. The number of methoxy groups -OCH3 is 1. The van der Waals surface area contributed by atoms with E-state index < -0.39 is 0 Å². The molecule has 0 bridgehead atoms. The predicted molar refractivity (Wildman–Crippen MR) is 96.3 cm³/mol. The second-order valence-corrected chi connectivity index (χ2v) is 6.11. The number of hydrogen-bond acceptors (Lipinski definition) is 7. The smallest absolute Gasteiger partial charge is 0.321 e. The van der Waals surface area contributed by atoms with Crippen LogP contribution in [0.25, 0.3) is 0 Å². The topological polar surface area (TPSA) is 89.5 Å². The Bertz CT molecular complexity index is 762. The summed E-state index contributed by atoms with van der Waals surface area (Å²) >= 11 is 0. The van der Waals surface area contributed by atoms with Gasteiger partial charge in [-0.25, -0.2) is 0 Å². The molecule has 0 aliphatic carbocycles. The van der Waals surface area contributed by atoms with E-state index in [2.05, 4.69) is 25.2 Å². The molecule has 1 aromatic heterocycles. The van der Waals surface area contributed by atoms with Crippen LogP contribution in [0.15, 0.2) is 24.3 Å². The van der Waals surface area contributed by atoms with Gasteiger partial charge in [-0.1, -0.05) is 12.1 Å². The van der Waals surface area contributed by atoms with E-state index in [4.69, 9.17) is 9.47 Å². The van der Waals surface area contributed by atoms with E-state index in [0.717, 1.165) is 31.5 Å². The van der Waals surface area contributed by atoms with E-state index in [-0.39, 0.29) is 25.1 Å². The van der Waals surface area contributed by atoms with Gasteiger partial charge in [0.05, 0.1) is 13.7 Å². The van der Waals surface area contributed by atoms with E-state index >= 15 is 0 Å². The normalized spacial score (nSPS) is 13.5. The number of anilines is 1. The molecule has 1 saturated heterocycles. The average Bonchev–Trinajstić information content (AvgIpc) is 3.19. The summed E-state index contributed by atoms with van der Waals surface area (Å²) in [5.41, 5.74) is 1.08. The molecule has 1 aromatic carbocycles. The Balaban J connectivity index is 1.56. The van der Waals surface area contributed by atoms with Crippen LogP contribution in [0.1, 0.15) is 24.2 Å². The Morgan fingerprint density at radius 2 is 2.04 bits per heavy atom. The number of aromatic nitrogens is 3. The van der Waals surface area contributed by atoms with Crippen molar-refractivity contribution < 1.29 is 14.3 Å². The van der Waals surface area contributed by atoms with Crippen LogP contribution in [0, 0.1) is 6.92 Å². The molecule has 26 heavy (non-hydrogen) atoms. The first kappa shape index (κ1) is 17.9. The van der Waals surface area contributed by atoms with Gasteiger partial charge in [0.15, 0.2) is 12.4 Å². The molecule has 1 aliphatic rings. The first-order chi connectivity index (χ1) is 12.6. The number of ether oxygens (including phenoxy) is 2. The molecule has 8 heteroatoms. The van der Waals surface area contributed by atoms with Gasteiger partial charge in [-0.15, -0.1) is 0 Å². The number of carbonyl (C=O) groups excluding carboxylic acids is 1. The molecule has 1 N–H and O–H groups in total. The second kappa shape index (κ2) is 8.46. The zero-order valence-electron chi connectivity index (χ0n) is 15.1. The van der Waals surface area contributed by atoms with Crippen molar-refractivity contribution in [3.8, 4) is 11.8 Å². The van der Waals surface area contributed by atoms with Crippen molar-refractivity contribution in [2.45, 2.75) is 26.3 Å². The third-order valence-electron chi connectivity index (χ3n) is 4.02. The second-order valence-electron chi connectivity index (χ2n) is 6.11. The molecule has 138 valence electrons. The lowest BCUT2D eigenvalue weighted by atomic mass is 10.2. The average molecular weight is 357 g/mol. The van der Waals surface area contributed by atoms with E-state index in [1.54, 1.807) is 0 Å². The molecule has 0 atom stereocenters. The maximum atomic E-state index is 12.0. The van der Waals surface area contributed by atoms with Crippen LogP contribution in [-0.4, -0.2) is 47.7 Å². The van der Waals surface area contributed by atoms with Crippen molar-refractivity contribution in [1.29, 1.82) is 0 Å². The molecular weight excluding hydrogens is 334 g/mol. The predicted octanol–water partition coefficient (Wildman–Crippen LogP) is 1.48. The lowest BCUT2D eigenvalue weighted by Crippen LogP contribution is -2.30. The van der Waals surface area contributed by atoms with Gasteiger partial charge >= 0.3 is 6.01 Å². The highest BCUT2D eigenvalue weighted by molar-refractivity contribution is 5.77. The number of rotatable bonds is 7. The Morgan fingerprint density at radius 1 is 1.23 bits per heavy atom. The van der Waals surface area contributed by atoms with Crippen molar-refractivity contribution in [2.75, 3.05) is 31.7 Å². The number of nitrogens with one attached hydrogen (secondary N) is 1. The first-order valence-corrected chi connectivity index (χ1v) is 8.64. The minimum atomic E-state index is -0.242. The number of hydrogen-bond donors (Lipinski definition) is 1. The number of nitrogens with zero attached hydrogens (tertiary/aromatic N) is 4. The van der Waals surface area contributed by atoms with Crippen molar-refractivity contribution in [2.24, 2.45) is 0 Å². The maximum absolute atomic E-state index is 12.0. The summed E-state index contributed by atoms with van der Waals surface area (Å²) < 4.78 is 10.6. The van der Waals surface area contributed by atoms with Gasteiger partial charge in [-0.2, -0.15) is 15.0 Å². The molecule has 0 spiro atoms. The molecule has 0 unspecified atom stereocenters. The van der Waals surface area contributed by atoms with Gasteiger partial charge in [-0.05, 0) is 37.5 Å². The highest BCUT2D eigenvalue weighted by atomic mass is 16.5. The molecule has 0 saturated carbocycles. The molecule has 1 fully saturated rings. The summed E-state index contributed by atoms with van der Waals surface area (Å²) in [4.78, 5) is 27.0. The van der Waals surface area contributed by atoms with Crippen LogP contribution < -0.4 is 19.7 Å². The highest BCUT2D eigenvalue weighted by Crippen LogP contribution is 2.17. The van der Waals surface area contributed by atoms with Gasteiger partial charge in [-0.3, -0.25) is 4.79 Å². The monoisotopic (exact) mass is 357 g/mol. The van der Waals surface area contributed by atoms with E-state index in [1.165, 1.54) is 7.11 Å². The van der Waals surface area contributed by atoms with Crippen LogP contribution in [0.3, 0.4) is 0 Å². The van der Waals surface area contributed by atoms with Gasteiger partial charge in [0, 0.05) is 13.1 Å². The van der Waals surface area contributed by atoms with Crippen LogP contribution in [0.5, 0.6) is 11.8 Å². The minimum Gasteiger partial charge on any atom is -0.484 e. The van der Waals surface area contributed by atoms with E-state index in [0.29, 0.717) is 17.5 Å². The summed E-state index contributed by atoms with van der Waals surface area (Å²) in [5, 5.41) is 2.76. The molecule has 2 heterocycles. The third-order valence-corrected chi connectivity index (χ3v) is 4.02. The van der Waals surface area contributed by atoms with Crippen molar-refractivity contribution in [3.63, 3.8) is 0 Å². The zero-order chi connectivity index (χ0) is 18.4. The van der Waals surface area contributed by atoms with Crippen LogP contribution >= 0.6 is 0 Å². The van der Waals surface area contributed by atoms with Gasteiger partial charge in [0.1, 0.15) is 5.75 Å². The van der Waals surface area contributed by atoms with Crippen molar-refractivity contribution in [3.05, 3.63) is 35.7 Å². The van der Waals surface area contributed by atoms with Crippen LogP contribution in [-0.2, 0) is 11.3 Å². The Hall–Kier alpha value is -2.90. The third kappa shape index (κ3) is 4.81. The summed E-state index contributed by atoms with van der Waals surface area (Å²) in [5.74, 6) is 1.48. The molecule has 0 radical (unpaired) electrons. The Morgan fingerprint density at radius 3 is 2.77 bits per heavy atom. The fourth-order valence-corrected chi connectivity index (χ4v) is 2.70. The van der Waals surface area contributed by atoms with Crippen LogP contribution in [0.4, 0.5) is 5.95 Å². The minimum absolute atomic E-state index is 0.0648. The van der Waals surface area contributed by atoms with Crippen molar-refractivity contribution in [1.82, 2.24) is 20.3 Å². The zero-order valence-corrected chi connectivity index (χ0v) is 15.1. The van der Waals surface area contributed by atoms with Gasteiger partial charge < -0.3 is 19.7 Å². The SMILES string of the molecule is COc1nc(CNC(=O)COc2cccc(C)c2)nc(N2CCCC2)n1. The Labute approximate surface area is 152 Å². The molecule has 3 rings (SSSR count). The summed E-state index contributed by atoms with van der Waals surface area (Å²) in [6.45, 7) is 3.94. The maximum Gasteiger partial charge on any atom is 0.321 e. The molecule has 2 aromatic rings. The van der Waals surface area contributed by atoms with Crippen LogP contribution in [0.2, 0.25) is 0 Å². The quantitative estimate of drug-likeness (QED) is 0.803. The van der Waals surface area contributed by atoms with E-state index in [1.807, 2.05) is 31.2 Å². The molecule has 1 amide bonds. The number of carbonyl (C=O) groups is 1. The van der Waals surface area contributed by atoms with Gasteiger partial charge in [0.25, 0.3) is 5.91 Å². The number of amides is 1. The summed E-state index contributed by atoms with van der Waals surface area (Å²) in [7, 11) is 1.52. The summed E-state index contributed by atoms with van der Waals surface area (Å²) in [6, 6.07) is 7.81. The molecule has 1 aliphatic heterocycles. The standard InChI is InChI=1S/C18H23N5O3/c1-13-6-5-7-14(10-13)26-12-16(24)19-11-15-20-17(22-18(21-15)25-2)23-8-3-4-9-23/h5-7,10H,3-4,8-9,11-12H2,1-2H3,(H,19,24).